The second kappa shape index (κ2) is 8.99. The smallest absolute Gasteiger partial charge is 0.261 e. The van der Waals surface area contributed by atoms with Crippen LogP contribution >= 0.6 is 0 Å². The van der Waals surface area contributed by atoms with Crippen LogP contribution in [-0.2, 0) is 4.79 Å². The summed E-state index contributed by atoms with van der Waals surface area (Å²) in [4.78, 5) is 12.9. The summed E-state index contributed by atoms with van der Waals surface area (Å²) < 4.78 is 18.9. The largest absolute Gasteiger partial charge is 0.481 e. The van der Waals surface area contributed by atoms with E-state index in [4.69, 9.17) is 4.74 Å². The van der Waals surface area contributed by atoms with Gasteiger partial charge in [-0.25, -0.2) is 4.39 Å². The maximum absolute atomic E-state index is 13.1. The predicted molar refractivity (Wildman–Crippen MR) is 104 cm³/mol. The van der Waals surface area contributed by atoms with Crippen molar-refractivity contribution in [2.45, 2.75) is 25.5 Å². The summed E-state index contributed by atoms with van der Waals surface area (Å²) in [5.74, 6) is -0.0815. The Morgan fingerprint density at radius 2 is 1.41 bits per heavy atom. The highest BCUT2D eigenvalue weighted by Crippen LogP contribution is 2.23. The minimum atomic E-state index is -0.662. The Morgan fingerprint density at radius 1 is 0.889 bits per heavy atom. The first-order valence-corrected chi connectivity index (χ1v) is 9.00. The van der Waals surface area contributed by atoms with Crippen molar-refractivity contribution in [1.82, 2.24) is 5.32 Å². The lowest BCUT2D eigenvalue weighted by molar-refractivity contribution is -0.128. The third kappa shape index (κ3) is 4.94. The van der Waals surface area contributed by atoms with E-state index in [1.165, 1.54) is 24.3 Å². The first kappa shape index (κ1) is 18.6. The number of ether oxygens (including phenoxy) is 1. The molecule has 0 fully saturated rings. The van der Waals surface area contributed by atoms with Gasteiger partial charge in [0, 0.05) is 0 Å². The van der Waals surface area contributed by atoms with Gasteiger partial charge in [0.15, 0.2) is 6.10 Å². The van der Waals surface area contributed by atoms with Crippen molar-refractivity contribution >= 4 is 5.91 Å². The molecule has 27 heavy (non-hydrogen) atoms. The van der Waals surface area contributed by atoms with Gasteiger partial charge in [0.25, 0.3) is 5.91 Å². The highest BCUT2D eigenvalue weighted by atomic mass is 19.1. The molecule has 3 aromatic carbocycles. The predicted octanol–water partition coefficient (Wildman–Crippen LogP) is 4.89. The lowest BCUT2D eigenvalue weighted by atomic mass is 9.98. The van der Waals surface area contributed by atoms with Gasteiger partial charge in [0.05, 0.1) is 6.04 Å². The van der Waals surface area contributed by atoms with Gasteiger partial charge in [-0.05, 0) is 41.8 Å². The lowest BCUT2D eigenvalue weighted by Crippen LogP contribution is -2.40. The lowest BCUT2D eigenvalue weighted by Gasteiger charge is -2.23. The van der Waals surface area contributed by atoms with Crippen LogP contribution in [0.2, 0.25) is 0 Å². The van der Waals surface area contributed by atoms with Crippen LogP contribution in [0.15, 0.2) is 84.9 Å². The molecule has 1 atom stereocenters. The average molecular weight is 363 g/mol. The molecule has 3 aromatic rings. The minimum Gasteiger partial charge on any atom is -0.481 e. The van der Waals surface area contributed by atoms with Crippen molar-refractivity contribution in [1.29, 1.82) is 0 Å². The zero-order chi connectivity index (χ0) is 19.1. The molecule has 0 saturated carbocycles. The summed E-state index contributed by atoms with van der Waals surface area (Å²) in [5.41, 5.74) is 1.99. The number of carbonyl (C=O) groups excluding carboxylic acids is 1. The molecular formula is C23H22FNO2. The molecule has 1 N–H and O–H groups in total. The molecule has 0 radical (unpaired) electrons. The van der Waals surface area contributed by atoms with Crippen LogP contribution in [0.1, 0.15) is 30.5 Å². The fourth-order valence-electron chi connectivity index (χ4n) is 2.88. The Hall–Kier alpha value is -3.14. The molecule has 3 nitrogen and oxygen atoms in total. The molecule has 1 unspecified atom stereocenters. The quantitative estimate of drug-likeness (QED) is 0.649. The van der Waals surface area contributed by atoms with Crippen molar-refractivity contribution in [3.05, 3.63) is 102 Å². The van der Waals surface area contributed by atoms with Crippen molar-refractivity contribution < 1.29 is 13.9 Å². The van der Waals surface area contributed by atoms with Gasteiger partial charge in [0.1, 0.15) is 11.6 Å². The first-order chi connectivity index (χ1) is 13.2. The van der Waals surface area contributed by atoms with E-state index in [9.17, 15) is 9.18 Å². The van der Waals surface area contributed by atoms with E-state index in [2.05, 4.69) is 5.32 Å². The Bertz CT molecular complexity index is 811. The Labute approximate surface area is 158 Å². The monoisotopic (exact) mass is 363 g/mol. The maximum Gasteiger partial charge on any atom is 0.261 e. The summed E-state index contributed by atoms with van der Waals surface area (Å²) >= 11 is 0. The van der Waals surface area contributed by atoms with E-state index in [1.807, 2.05) is 67.6 Å². The van der Waals surface area contributed by atoms with Gasteiger partial charge in [-0.2, -0.15) is 0 Å². The Morgan fingerprint density at radius 3 is 1.89 bits per heavy atom. The third-order valence-electron chi connectivity index (χ3n) is 4.31. The fourth-order valence-corrected chi connectivity index (χ4v) is 2.88. The highest BCUT2D eigenvalue weighted by Gasteiger charge is 2.23. The summed E-state index contributed by atoms with van der Waals surface area (Å²) in [5, 5.41) is 3.09. The normalized spacial score (nSPS) is 11.8. The van der Waals surface area contributed by atoms with Crippen LogP contribution in [-0.4, -0.2) is 12.0 Å². The number of halogens is 1. The van der Waals surface area contributed by atoms with Crippen LogP contribution in [0.4, 0.5) is 4.39 Å². The molecule has 0 heterocycles. The zero-order valence-corrected chi connectivity index (χ0v) is 15.1. The molecule has 0 aliphatic rings. The van der Waals surface area contributed by atoms with E-state index in [1.54, 1.807) is 0 Å². The second-order valence-electron chi connectivity index (χ2n) is 6.23. The molecule has 1 amide bonds. The second-order valence-corrected chi connectivity index (χ2v) is 6.23. The van der Waals surface area contributed by atoms with E-state index in [-0.39, 0.29) is 17.8 Å². The van der Waals surface area contributed by atoms with Gasteiger partial charge < -0.3 is 10.1 Å². The maximum atomic E-state index is 13.1. The van der Waals surface area contributed by atoms with Crippen LogP contribution < -0.4 is 10.1 Å². The standard InChI is InChI=1S/C23H22FNO2/c1-2-21(27-20-15-13-19(24)14-16-20)23(26)25-22(17-9-5-3-6-10-17)18-11-7-4-8-12-18/h3-16,21-22H,2H2,1H3,(H,25,26). The average Bonchev–Trinajstić information content (AvgIpc) is 2.72. The molecule has 0 aliphatic carbocycles. The van der Waals surface area contributed by atoms with Crippen molar-refractivity contribution in [3.63, 3.8) is 0 Å². The minimum absolute atomic E-state index is 0.209. The van der Waals surface area contributed by atoms with Crippen LogP contribution in [0.5, 0.6) is 5.75 Å². The molecule has 0 aromatic heterocycles. The molecule has 0 spiro atoms. The number of benzene rings is 3. The SMILES string of the molecule is CCC(Oc1ccc(F)cc1)C(=O)NC(c1ccccc1)c1ccccc1. The van der Waals surface area contributed by atoms with Gasteiger partial charge in [-0.3, -0.25) is 4.79 Å². The van der Waals surface area contributed by atoms with Gasteiger partial charge in [0.2, 0.25) is 0 Å². The molecule has 3 rings (SSSR count). The van der Waals surface area contributed by atoms with Crippen LogP contribution in [0.3, 0.4) is 0 Å². The summed E-state index contributed by atoms with van der Waals surface area (Å²) in [6.45, 7) is 1.88. The number of hydrogen-bond acceptors (Lipinski definition) is 2. The Balaban J connectivity index is 1.79. The molecule has 0 saturated heterocycles. The number of nitrogens with one attached hydrogen (secondary N) is 1. The van der Waals surface area contributed by atoms with Crippen molar-refractivity contribution in [2.24, 2.45) is 0 Å². The van der Waals surface area contributed by atoms with Gasteiger partial charge in [-0.1, -0.05) is 67.6 Å². The number of amides is 1. The molecule has 138 valence electrons. The van der Waals surface area contributed by atoms with Gasteiger partial charge in [-0.15, -0.1) is 0 Å². The summed E-state index contributed by atoms with van der Waals surface area (Å²) in [7, 11) is 0. The van der Waals surface area contributed by atoms with Gasteiger partial charge >= 0.3 is 0 Å². The van der Waals surface area contributed by atoms with Crippen LogP contribution in [0.25, 0.3) is 0 Å². The van der Waals surface area contributed by atoms with E-state index in [0.29, 0.717) is 12.2 Å². The fraction of sp³-hybridized carbons (Fsp3) is 0.174. The first-order valence-electron chi connectivity index (χ1n) is 9.00. The summed E-state index contributed by atoms with van der Waals surface area (Å²) in [6, 6.07) is 25.0. The van der Waals surface area contributed by atoms with Crippen molar-refractivity contribution in [2.75, 3.05) is 0 Å². The van der Waals surface area contributed by atoms with Crippen molar-refractivity contribution in [3.8, 4) is 5.75 Å². The van der Waals surface area contributed by atoms with E-state index in [0.717, 1.165) is 11.1 Å². The number of hydrogen-bond donors (Lipinski definition) is 1. The third-order valence-corrected chi connectivity index (χ3v) is 4.31. The number of rotatable bonds is 7. The van der Waals surface area contributed by atoms with E-state index < -0.39 is 6.10 Å². The molecule has 0 bridgehead atoms. The zero-order valence-electron chi connectivity index (χ0n) is 15.1. The molecule has 4 heteroatoms. The molecular weight excluding hydrogens is 341 g/mol. The number of carbonyl (C=O) groups is 1. The molecule has 0 aliphatic heterocycles. The summed E-state index contributed by atoms with van der Waals surface area (Å²) in [6.07, 6.45) is -0.162. The highest BCUT2D eigenvalue weighted by molar-refractivity contribution is 5.82. The Kier molecular flexibility index (Phi) is 6.21. The topological polar surface area (TPSA) is 38.3 Å². The van der Waals surface area contributed by atoms with Crippen LogP contribution in [0, 0.1) is 5.82 Å². The van der Waals surface area contributed by atoms with E-state index >= 15 is 0 Å².